The molecule has 2 atom stereocenters. The van der Waals surface area contributed by atoms with Crippen molar-refractivity contribution in [2.24, 2.45) is 0 Å². The number of nitrogens with one attached hydrogen (secondary N) is 1. The SMILES string of the molecule is COc1ccc2c(c1)CC(NC(C)Cn1ccnc1)CC2. The van der Waals surface area contributed by atoms with Crippen LogP contribution in [0.2, 0.25) is 0 Å². The first kappa shape index (κ1) is 14.1. The van der Waals surface area contributed by atoms with Crippen LogP contribution in [0.4, 0.5) is 0 Å². The molecule has 0 bridgehead atoms. The Bertz CT molecular complexity index is 580. The van der Waals surface area contributed by atoms with Gasteiger partial charge in [-0.25, -0.2) is 4.98 Å². The van der Waals surface area contributed by atoms with E-state index in [2.05, 4.69) is 40.0 Å². The third-order valence-corrected chi connectivity index (χ3v) is 4.21. The number of aryl methyl sites for hydroxylation is 1. The van der Waals surface area contributed by atoms with Crippen molar-refractivity contribution in [1.82, 2.24) is 14.9 Å². The number of hydrogen-bond donors (Lipinski definition) is 1. The number of hydrogen-bond acceptors (Lipinski definition) is 3. The average molecular weight is 285 g/mol. The number of imidazole rings is 1. The lowest BCUT2D eigenvalue weighted by Crippen LogP contribution is -2.42. The minimum atomic E-state index is 0.441. The molecule has 1 aliphatic carbocycles. The molecule has 4 heteroatoms. The van der Waals surface area contributed by atoms with Gasteiger partial charge in [0.2, 0.25) is 0 Å². The van der Waals surface area contributed by atoms with Crippen molar-refractivity contribution < 1.29 is 4.74 Å². The van der Waals surface area contributed by atoms with Crippen molar-refractivity contribution in [3.8, 4) is 5.75 Å². The van der Waals surface area contributed by atoms with E-state index in [1.165, 1.54) is 17.5 Å². The fourth-order valence-electron chi connectivity index (χ4n) is 3.17. The van der Waals surface area contributed by atoms with Crippen molar-refractivity contribution in [1.29, 1.82) is 0 Å². The average Bonchev–Trinajstić information content (AvgIpc) is 2.99. The van der Waals surface area contributed by atoms with Gasteiger partial charge in [-0.15, -0.1) is 0 Å². The van der Waals surface area contributed by atoms with Crippen molar-refractivity contribution in [2.45, 2.75) is 44.8 Å². The third-order valence-electron chi connectivity index (χ3n) is 4.21. The van der Waals surface area contributed by atoms with E-state index < -0.39 is 0 Å². The van der Waals surface area contributed by atoms with Gasteiger partial charge in [0, 0.05) is 31.0 Å². The Balaban J connectivity index is 1.60. The first-order valence-corrected chi connectivity index (χ1v) is 7.62. The van der Waals surface area contributed by atoms with Crippen LogP contribution in [0.5, 0.6) is 5.75 Å². The highest BCUT2D eigenvalue weighted by molar-refractivity contribution is 5.37. The normalized spacial score (nSPS) is 19.0. The molecule has 3 rings (SSSR count). The number of ether oxygens (including phenoxy) is 1. The van der Waals surface area contributed by atoms with Crippen LogP contribution < -0.4 is 10.1 Å². The van der Waals surface area contributed by atoms with Crippen molar-refractivity contribution >= 4 is 0 Å². The Morgan fingerprint density at radius 1 is 1.43 bits per heavy atom. The van der Waals surface area contributed by atoms with Gasteiger partial charge in [-0.2, -0.15) is 0 Å². The Kier molecular flexibility index (Phi) is 4.25. The maximum absolute atomic E-state index is 5.34. The van der Waals surface area contributed by atoms with Gasteiger partial charge in [-0.3, -0.25) is 0 Å². The smallest absolute Gasteiger partial charge is 0.119 e. The maximum atomic E-state index is 5.34. The van der Waals surface area contributed by atoms with E-state index in [9.17, 15) is 0 Å². The van der Waals surface area contributed by atoms with E-state index in [4.69, 9.17) is 4.74 Å². The quantitative estimate of drug-likeness (QED) is 0.917. The molecule has 0 saturated carbocycles. The molecule has 1 N–H and O–H groups in total. The third kappa shape index (κ3) is 3.45. The monoisotopic (exact) mass is 285 g/mol. The van der Waals surface area contributed by atoms with Crippen LogP contribution in [0.1, 0.15) is 24.5 Å². The largest absolute Gasteiger partial charge is 0.497 e. The van der Waals surface area contributed by atoms with E-state index in [1.807, 2.05) is 18.7 Å². The summed E-state index contributed by atoms with van der Waals surface area (Å²) in [5.41, 5.74) is 2.89. The second-order valence-corrected chi connectivity index (χ2v) is 5.90. The summed E-state index contributed by atoms with van der Waals surface area (Å²) < 4.78 is 7.46. The second kappa shape index (κ2) is 6.31. The lowest BCUT2D eigenvalue weighted by atomic mass is 9.88. The van der Waals surface area contributed by atoms with Crippen LogP contribution in [-0.4, -0.2) is 28.7 Å². The number of methoxy groups -OCH3 is 1. The molecule has 0 fully saturated rings. The highest BCUT2D eigenvalue weighted by Crippen LogP contribution is 2.25. The van der Waals surface area contributed by atoms with Crippen molar-refractivity contribution in [3.05, 3.63) is 48.0 Å². The van der Waals surface area contributed by atoms with Crippen molar-refractivity contribution in [3.63, 3.8) is 0 Å². The Morgan fingerprint density at radius 3 is 3.10 bits per heavy atom. The summed E-state index contributed by atoms with van der Waals surface area (Å²) in [4.78, 5) is 4.09. The summed E-state index contributed by atoms with van der Waals surface area (Å²) in [6.45, 7) is 3.20. The first-order chi connectivity index (χ1) is 10.2. The number of fused-ring (bicyclic) bond motifs is 1. The zero-order chi connectivity index (χ0) is 14.7. The zero-order valence-electron chi connectivity index (χ0n) is 12.7. The summed E-state index contributed by atoms with van der Waals surface area (Å²) in [7, 11) is 1.73. The van der Waals surface area contributed by atoms with E-state index >= 15 is 0 Å². The van der Waals surface area contributed by atoms with Gasteiger partial charge in [-0.05, 0) is 49.4 Å². The fraction of sp³-hybridized carbons (Fsp3) is 0.471. The molecule has 1 aromatic heterocycles. The molecule has 1 aliphatic rings. The molecule has 0 spiro atoms. The number of benzene rings is 1. The molecular formula is C17H23N3O. The Hall–Kier alpha value is -1.81. The summed E-state index contributed by atoms with van der Waals surface area (Å²) in [5, 5.41) is 3.75. The second-order valence-electron chi connectivity index (χ2n) is 5.90. The molecule has 4 nitrogen and oxygen atoms in total. The van der Waals surface area contributed by atoms with Gasteiger partial charge in [0.25, 0.3) is 0 Å². The minimum Gasteiger partial charge on any atom is -0.497 e. The number of rotatable bonds is 5. The van der Waals surface area contributed by atoms with E-state index in [1.54, 1.807) is 7.11 Å². The molecule has 1 aromatic carbocycles. The topological polar surface area (TPSA) is 39.1 Å². The zero-order valence-corrected chi connectivity index (χ0v) is 12.7. The van der Waals surface area contributed by atoms with E-state index in [0.717, 1.165) is 25.1 Å². The molecule has 2 aromatic rings. The summed E-state index contributed by atoms with van der Waals surface area (Å²) in [5.74, 6) is 0.959. The number of aromatic nitrogens is 2. The molecule has 0 radical (unpaired) electrons. The fourth-order valence-corrected chi connectivity index (χ4v) is 3.17. The van der Waals surface area contributed by atoms with Crippen LogP contribution in [0.15, 0.2) is 36.9 Å². The van der Waals surface area contributed by atoms with Crippen LogP contribution in [0.3, 0.4) is 0 Å². The van der Waals surface area contributed by atoms with Crippen molar-refractivity contribution in [2.75, 3.05) is 7.11 Å². The molecule has 1 heterocycles. The van der Waals surface area contributed by atoms with E-state index in [-0.39, 0.29) is 0 Å². The standard InChI is InChI=1S/C17H23N3O/c1-13(11-20-8-7-18-12-20)19-16-5-3-14-4-6-17(21-2)10-15(14)9-16/h4,6-8,10,12-13,16,19H,3,5,9,11H2,1-2H3. The molecule has 0 aliphatic heterocycles. The van der Waals surface area contributed by atoms with Crippen LogP contribution in [0, 0.1) is 0 Å². The lowest BCUT2D eigenvalue weighted by Gasteiger charge is -2.29. The van der Waals surface area contributed by atoms with Crippen LogP contribution in [0.25, 0.3) is 0 Å². The predicted octanol–water partition coefficient (Wildman–Crippen LogP) is 2.43. The Labute approximate surface area is 126 Å². The molecule has 0 saturated heterocycles. The summed E-state index contributed by atoms with van der Waals surface area (Å²) in [6.07, 6.45) is 9.15. The predicted molar refractivity (Wildman–Crippen MR) is 83.6 cm³/mol. The van der Waals surface area contributed by atoms with Gasteiger partial charge < -0.3 is 14.6 Å². The highest BCUT2D eigenvalue weighted by Gasteiger charge is 2.20. The minimum absolute atomic E-state index is 0.441. The van der Waals surface area contributed by atoms with Crippen LogP contribution >= 0.6 is 0 Å². The van der Waals surface area contributed by atoms with Crippen LogP contribution in [-0.2, 0) is 19.4 Å². The van der Waals surface area contributed by atoms with Gasteiger partial charge in [-0.1, -0.05) is 6.07 Å². The van der Waals surface area contributed by atoms with Gasteiger partial charge in [0.1, 0.15) is 5.75 Å². The Morgan fingerprint density at radius 2 is 2.33 bits per heavy atom. The highest BCUT2D eigenvalue weighted by atomic mass is 16.5. The lowest BCUT2D eigenvalue weighted by molar-refractivity contribution is 0.377. The summed E-state index contributed by atoms with van der Waals surface area (Å²) >= 11 is 0. The first-order valence-electron chi connectivity index (χ1n) is 7.62. The maximum Gasteiger partial charge on any atom is 0.119 e. The van der Waals surface area contributed by atoms with Gasteiger partial charge in [0.05, 0.1) is 13.4 Å². The number of nitrogens with zero attached hydrogens (tertiary/aromatic N) is 2. The summed E-state index contributed by atoms with van der Waals surface area (Å²) in [6, 6.07) is 7.44. The van der Waals surface area contributed by atoms with Gasteiger partial charge in [0.15, 0.2) is 0 Å². The van der Waals surface area contributed by atoms with Gasteiger partial charge >= 0.3 is 0 Å². The molecule has 21 heavy (non-hydrogen) atoms. The molecule has 0 amide bonds. The van der Waals surface area contributed by atoms with E-state index in [0.29, 0.717) is 12.1 Å². The molecule has 2 unspecified atom stereocenters. The molecular weight excluding hydrogens is 262 g/mol. The molecule has 112 valence electrons.